The number of ether oxygens (including phenoxy) is 1. The Balaban J connectivity index is 1.51. The van der Waals surface area contributed by atoms with E-state index in [0.717, 1.165) is 57.2 Å². The molecule has 0 bridgehead atoms. The van der Waals surface area contributed by atoms with E-state index < -0.39 is 5.97 Å². The molecule has 2 aliphatic rings. The normalized spacial score (nSPS) is 21.1. The number of hydrogen-bond donors (Lipinski definition) is 2. The van der Waals surface area contributed by atoms with Crippen LogP contribution in [0.2, 0.25) is 0 Å². The molecule has 1 amide bonds. The SMILES string of the molecule is Cc1nc(C2CCN(C(=O)c3cccc(C(=O)O)c3)CCN2CC2CCOCC2)n[nH]1. The van der Waals surface area contributed by atoms with Crippen molar-refractivity contribution in [3.8, 4) is 0 Å². The smallest absolute Gasteiger partial charge is 0.335 e. The zero-order valence-corrected chi connectivity index (χ0v) is 17.8. The van der Waals surface area contributed by atoms with Gasteiger partial charge in [0.05, 0.1) is 11.6 Å². The highest BCUT2D eigenvalue weighted by molar-refractivity contribution is 5.97. The lowest BCUT2D eigenvalue weighted by Crippen LogP contribution is -2.38. The molecule has 2 aliphatic heterocycles. The molecule has 0 radical (unpaired) electrons. The Bertz CT molecular complexity index is 924. The highest BCUT2D eigenvalue weighted by atomic mass is 16.5. The van der Waals surface area contributed by atoms with Crippen molar-refractivity contribution in [2.45, 2.75) is 32.2 Å². The van der Waals surface area contributed by atoms with E-state index in [1.165, 1.54) is 12.1 Å². The van der Waals surface area contributed by atoms with Gasteiger partial charge in [0.15, 0.2) is 5.82 Å². The van der Waals surface area contributed by atoms with Crippen LogP contribution in [0.4, 0.5) is 0 Å². The van der Waals surface area contributed by atoms with E-state index in [1.807, 2.05) is 11.8 Å². The van der Waals surface area contributed by atoms with Crippen molar-refractivity contribution < 1.29 is 19.4 Å². The lowest BCUT2D eigenvalue weighted by molar-refractivity contribution is 0.0450. The molecule has 0 aliphatic carbocycles. The first-order valence-electron chi connectivity index (χ1n) is 10.8. The number of carboxylic acids is 1. The number of nitrogens with zero attached hydrogens (tertiary/aromatic N) is 4. The predicted molar refractivity (Wildman–Crippen MR) is 113 cm³/mol. The molecular weight excluding hydrogens is 398 g/mol. The number of amides is 1. The first-order valence-corrected chi connectivity index (χ1v) is 10.8. The molecule has 1 unspecified atom stereocenters. The fraction of sp³-hybridized carbons (Fsp3) is 0.545. The number of hydrogen-bond acceptors (Lipinski definition) is 6. The molecule has 1 aromatic heterocycles. The number of nitrogens with one attached hydrogen (secondary N) is 1. The van der Waals surface area contributed by atoms with Crippen LogP contribution < -0.4 is 0 Å². The molecule has 1 atom stereocenters. The van der Waals surface area contributed by atoms with Crippen LogP contribution in [-0.4, -0.2) is 81.4 Å². The quantitative estimate of drug-likeness (QED) is 0.752. The van der Waals surface area contributed by atoms with Crippen LogP contribution in [0.15, 0.2) is 24.3 Å². The number of carboxylic acid groups (broad SMARTS) is 1. The molecule has 2 aromatic rings. The fourth-order valence-electron chi connectivity index (χ4n) is 4.43. The number of H-pyrrole nitrogens is 1. The van der Waals surface area contributed by atoms with Gasteiger partial charge in [-0.15, -0.1) is 0 Å². The molecule has 1 aromatic carbocycles. The molecule has 4 rings (SSSR count). The van der Waals surface area contributed by atoms with Crippen molar-refractivity contribution in [3.05, 3.63) is 47.0 Å². The number of carbonyl (C=O) groups is 2. The lowest BCUT2D eigenvalue weighted by Gasteiger charge is -2.32. The van der Waals surface area contributed by atoms with E-state index in [2.05, 4.69) is 20.1 Å². The third-order valence-electron chi connectivity index (χ3n) is 6.16. The van der Waals surface area contributed by atoms with Gasteiger partial charge in [-0.3, -0.25) is 14.8 Å². The van der Waals surface area contributed by atoms with Crippen molar-refractivity contribution in [3.63, 3.8) is 0 Å². The predicted octanol–water partition coefficient (Wildman–Crippen LogP) is 2.13. The summed E-state index contributed by atoms with van der Waals surface area (Å²) >= 11 is 0. The molecule has 166 valence electrons. The first-order chi connectivity index (χ1) is 15.0. The van der Waals surface area contributed by atoms with Crippen molar-refractivity contribution in [2.75, 3.05) is 39.4 Å². The van der Waals surface area contributed by atoms with Crippen LogP contribution in [0.1, 0.15) is 57.7 Å². The fourth-order valence-corrected chi connectivity index (χ4v) is 4.43. The summed E-state index contributed by atoms with van der Waals surface area (Å²) in [5.41, 5.74) is 0.527. The van der Waals surface area contributed by atoms with Crippen molar-refractivity contribution >= 4 is 11.9 Å². The van der Waals surface area contributed by atoms with Gasteiger partial charge in [-0.05, 0) is 50.3 Å². The van der Waals surface area contributed by atoms with E-state index in [-0.39, 0.29) is 17.5 Å². The van der Waals surface area contributed by atoms with Gasteiger partial charge in [0, 0.05) is 45.0 Å². The molecule has 3 heterocycles. The van der Waals surface area contributed by atoms with Gasteiger partial charge < -0.3 is 14.7 Å². The van der Waals surface area contributed by atoms with Crippen LogP contribution in [0, 0.1) is 12.8 Å². The number of carbonyl (C=O) groups excluding carboxylic acids is 1. The summed E-state index contributed by atoms with van der Waals surface area (Å²) in [6.07, 6.45) is 2.81. The molecular formula is C22H29N5O4. The Morgan fingerprint density at radius 1 is 1.16 bits per heavy atom. The number of aromatic nitrogens is 3. The topological polar surface area (TPSA) is 112 Å². The second-order valence-electron chi connectivity index (χ2n) is 8.31. The molecule has 2 fully saturated rings. The van der Waals surface area contributed by atoms with Crippen LogP contribution in [0.25, 0.3) is 0 Å². The molecule has 0 saturated carbocycles. The van der Waals surface area contributed by atoms with Gasteiger partial charge in [0.2, 0.25) is 0 Å². The van der Waals surface area contributed by atoms with Gasteiger partial charge in [0.1, 0.15) is 5.82 Å². The Morgan fingerprint density at radius 2 is 1.94 bits per heavy atom. The van der Waals surface area contributed by atoms with Gasteiger partial charge in [0.25, 0.3) is 5.91 Å². The van der Waals surface area contributed by atoms with Gasteiger partial charge in [-0.1, -0.05) is 6.07 Å². The molecule has 2 N–H and O–H groups in total. The van der Waals surface area contributed by atoms with E-state index in [0.29, 0.717) is 24.6 Å². The third kappa shape index (κ3) is 5.11. The largest absolute Gasteiger partial charge is 0.478 e. The average Bonchev–Trinajstić information content (AvgIpc) is 3.10. The minimum Gasteiger partial charge on any atom is -0.478 e. The summed E-state index contributed by atoms with van der Waals surface area (Å²) in [6.45, 7) is 6.29. The first kappa shape index (κ1) is 21.5. The van der Waals surface area contributed by atoms with Crippen LogP contribution >= 0.6 is 0 Å². The Kier molecular flexibility index (Phi) is 6.62. The minimum atomic E-state index is -1.03. The Labute approximate surface area is 181 Å². The second kappa shape index (κ2) is 9.57. The zero-order chi connectivity index (χ0) is 21.8. The molecule has 2 saturated heterocycles. The maximum absolute atomic E-state index is 13.1. The van der Waals surface area contributed by atoms with Crippen LogP contribution in [-0.2, 0) is 4.74 Å². The van der Waals surface area contributed by atoms with E-state index in [1.54, 1.807) is 12.1 Å². The van der Waals surface area contributed by atoms with Gasteiger partial charge in [-0.25, -0.2) is 9.78 Å². The number of benzene rings is 1. The summed E-state index contributed by atoms with van der Waals surface area (Å²) in [4.78, 5) is 33.2. The van der Waals surface area contributed by atoms with E-state index in [9.17, 15) is 14.7 Å². The maximum atomic E-state index is 13.1. The van der Waals surface area contributed by atoms with Crippen molar-refractivity contribution in [1.82, 2.24) is 25.0 Å². The highest BCUT2D eigenvalue weighted by Crippen LogP contribution is 2.28. The lowest BCUT2D eigenvalue weighted by atomic mass is 9.98. The van der Waals surface area contributed by atoms with Crippen molar-refractivity contribution in [1.29, 1.82) is 0 Å². The minimum absolute atomic E-state index is 0.0379. The molecule has 9 nitrogen and oxygen atoms in total. The summed E-state index contributed by atoms with van der Waals surface area (Å²) in [5.74, 6) is 0.940. The van der Waals surface area contributed by atoms with Crippen molar-refractivity contribution in [2.24, 2.45) is 5.92 Å². The van der Waals surface area contributed by atoms with E-state index >= 15 is 0 Å². The summed E-state index contributed by atoms with van der Waals surface area (Å²) in [6, 6.07) is 6.28. The monoisotopic (exact) mass is 427 g/mol. The summed E-state index contributed by atoms with van der Waals surface area (Å²) in [7, 11) is 0. The standard InChI is InChI=1S/C22H29N5O4/c1-15-23-20(25-24-15)19-5-8-26(9-10-27(19)14-16-6-11-31-12-7-16)21(28)17-3-2-4-18(13-17)22(29)30/h2-4,13,16,19H,5-12,14H2,1H3,(H,29,30)(H,23,24,25). The number of rotatable bonds is 5. The van der Waals surface area contributed by atoms with E-state index in [4.69, 9.17) is 4.74 Å². The summed E-state index contributed by atoms with van der Waals surface area (Å²) < 4.78 is 5.51. The number of aromatic carboxylic acids is 1. The Morgan fingerprint density at radius 3 is 2.65 bits per heavy atom. The van der Waals surface area contributed by atoms with Crippen LogP contribution in [0.3, 0.4) is 0 Å². The summed E-state index contributed by atoms with van der Waals surface area (Å²) in [5, 5.41) is 16.6. The third-order valence-corrected chi connectivity index (χ3v) is 6.16. The average molecular weight is 428 g/mol. The molecule has 31 heavy (non-hydrogen) atoms. The number of aryl methyl sites for hydroxylation is 1. The zero-order valence-electron chi connectivity index (χ0n) is 17.8. The molecule has 9 heteroatoms. The molecule has 0 spiro atoms. The van der Waals surface area contributed by atoms with Crippen LogP contribution in [0.5, 0.6) is 0 Å². The van der Waals surface area contributed by atoms with Gasteiger partial charge in [-0.2, -0.15) is 5.10 Å². The second-order valence-corrected chi connectivity index (χ2v) is 8.31. The number of aromatic amines is 1. The maximum Gasteiger partial charge on any atom is 0.335 e. The van der Waals surface area contributed by atoms with Gasteiger partial charge >= 0.3 is 5.97 Å². The Hall–Kier alpha value is -2.78. The highest BCUT2D eigenvalue weighted by Gasteiger charge is 2.32.